The van der Waals surface area contributed by atoms with Gasteiger partial charge in [-0.25, -0.2) is 0 Å². The van der Waals surface area contributed by atoms with Gasteiger partial charge in [-0.1, -0.05) is 60.7 Å². The Morgan fingerprint density at radius 3 is 2.12 bits per heavy atom. The van der Waals surface area contributed by atoms with Gasteiger partial charge in [-0.15, -0.1) is 0 Å². The summed E-state index contributed by atoms with van der Waals surface area (Å²) < 4.78 is 4.91. The fourth-order valence-electron chi connectivity index (χ4n) is 2.50. The predicted octanol–water partition coefficient (Wildman–Crippen LogP) is 3.58. The lowest BCUT2D eigenvalue weighted by molar-refractivity contribution is -0.143. The van der Waals surface area contributed by atoms with Crippen LogP contribution in [0.5, 0.6) is 0 Å². The lowest BCUT2D eigenvalue weighted by atomic mass is 9.99. The van der Waals surface area contributed by atoms with Crippen LogP contribution in [-0.2, 0) is 9.53 Å². The van der Waals surface area contributed by atoms with Crippen LogP contribution in [0.25, 0.3) is 0 Å². The van der Waals surface area contributed by atoms with E-state index in [4.69, 9.17) is 17.0 Å². The summed E-state index contributed by atoms with van der Waals surface area (Å²) in [4.78, 5) is 11.3. The summed E-state index contributed by atoms with van der Waals surface area (Å²) in [6.07, 6.45) is 1.08. The van der Waals surface area contributed by atoms with Gasteiger partial charge < -0.3 is 15.4 Å². The highest BCUT2D eigenvalue weighted by atomic mass is 32.1. The van der Waals surface area contributed by atoms with Crippen molar-refractivity contribution in [3.8, 4) is 0 Å². The van der Waals surface area contributed by atoms with Crippen molar-refractivity contribution in [3.05, 3.63) is 71.8 Å². The summed E-state index contributed by atoms with van der Waals surface area (Å²) in [5.74, 6) is -0.172. The number of hydrogen-bond acceptors (Lipinski definition) is 3. The maximum Gasteiger partial charge on any atom is 0.305 e. The van der Waals surface area contributed by atoms with Gasteiger partial charge in [-0.05, 0) is 36.7 Å². The maximum absolute atomic E-state index is 11.3. The topological polar surface area (TPSA) is 50.4 Å². The molecule has 25 heavy (non-hydrogen) atoms. The Hall–Kier alpha value is -2.40. The Labute approximate surface area is 154 Å². The molecular weight excluding hydrogens is 332 g/mol. The fraction of sp³-hybridized carbons (Fsp3) is 0.300. The van der Waals surface area contributed by atoms with Crippen molar-refractivity contribution in [1.29, 1.82) is 0 Å². The molecule has 0 bridgehead atoms. The number of carbonyl (C=O) groups excluding carboxylic acids is 1. The van der Waals surface area contributed by atoms with Crippen LogP contribution < -0.4 is 10.6 Å². The van der Waals surface area contributed by atoms with Crippen LogP contribution in [0.2, 0.25) is 0 Å². The molecule has 0 unspecified atom stereocenters. The Kier molecular flexibility index (Phi) is 7.92. The fourth-order valence-corrected chi connectivity index (χ4v) is 2.72. The van der Waals surface area contributed by atoms with Crippen molar-refractivity contribution < 1.29 is 9.53 Å². The number of nitrogens with one attached hydrogen (secondary N) is 2. The van der Waals surface area contributed by atoms with E-state index >= 15 is 0 Å². The Morgan fingerprint density at radius 2 is 1.60 bits per heavy atom. The highest BCUT2D eigenvalue weighted by Crippen LogP contribution is 2.21. The molecule has 5 heteroatoms. The van der Waals surface area contributed by atoms with E-state index < -0.39 is 0 Å². The molecule has 0 amide bonds. The van der Waals surface area contributed by atoms with Gasteiger partial charge >= 0.3 is 5.97 Å². The highest BCUT2D eigenvalue weighted by Gasteiger charge is 2.14. The van der Waals surface area contributed by atoms with E-state index in [0.717, 1.165) is 11.1 Å². The first-order valence-corrected chi connectivity index (χ1v) is 8.91. The molecule has 0 saturated heterocycles. The molecule has 4 nitrogen and oxygen atoms in total. The predicted molar refractivity (Wildman–Crippen MR) is 104 cm³/mol. The van der Waals surface area contributed by atoms with Gasteiger partial charge in [0.1, 0.15) is 0 Å². The third kappa shape index (κ3) is 6.55. The zero-order chi connectivity index (χ0) is 17.9. The molecule has 0 radical (unpaired) electrons. The van der Waals surface area contributed by atoms with Gasteiger partial charge in [0.25, 0.3) is 0 Å². The molecule has 2 aromatic carbocycles. The van der Waals surface area contributed by atoms with Crippen LogP contribution in [0, 0.1) is 0 Å². The Balaban J connectivity index is 1.91. The van der Waals surface area contributed by atoms with Crippen molar-refractivity contribution >= 4 is 23.3 Å². The van der Waals surface area contributed by atoms with E-state index in [9.17, 15) is 4.79 Å². The van der Waals surface area contributed by atoms with E-state index in [1.54, 1.807) is 0 Å². The van der Waals surface area contributed by atoms with Gasteiger partial charge in [0, 0.05) is 13.0 Å². The second-order valence-electron chi connectivity index (χ2n) is 5.56. The summed E-state index contributed by atoms with van der Waals surface area (Å²) in [5, 5.41) is 7.10. The summed E-state index contributed by atoms with van der Waals surface area (Å²) in [6.45, 7) is 2.85. The largest absolute Gasteiger partial charge is 0.466 e. The lowest BCUT2D eigenvalue weighted by Crippen LogP contribution is -2.38. The van der Waals surface area contributed by atoms with E-state index in [1.807, 2.05) is 43.3 Å². The first-order valence-electron chi connectivity index (χ1n) is 8.50. The molecular formula is C20H24N2O2S. The third-order valence-electron chi connectivity index (χ3n) is 3.69. The second kappa shape index (κ2) is 10.5. The van der Waals surface area contributed by atoms with Crippen LogP contribution in [0.15, 0.2) is 60.7 Å². The highest BCUT2D eigenvalue weighted by molar-refractivity contribution is 7.80. The summed E-state index contributed by atoms with van der Waals surface area (Å²) >= 11 is 5.42. The van der Waals surface area contributed by atoms with Gasteiger partial charge in [-0.2, -0.15) is 0 Å². The van der Waals surface area contributed by atoms with Crippen molar-refractivity contribution in [2.24, 2.45) is 0 Å². The Morgan fingerprint density at radius 1 is 1.04 bits per heavy atom. The number of thiocarbonyl (C=S) groups is 1. The molecule has 0 aliphatic rings. The molecule has 0 atom stereocenters. The summed E-state index contributed by atoms with van der Waals surface area (Å²) in [7, 11) is 0. The number of rotatable bonds is 8. The molecule has 0 saturated carbocycles. The van der Waals surface area contributed by atoms with Crippen LogP contribution >= 0.6 is 12.2 Å². The van der Waals surface area contributed by atoms with Crippen molar-refractivity contribution in [2.45, 2.75) is 25.8 Å². The average Bonchev–Trinajstić information content (AvgIpc) is 2.65. The van der Waals surface area contributed by atoms with Crippen LogP contribution in [-0.4, -0.2) is 24.2 Å². The SMILES string of the molecule is CCOC(=O)CCCNC(=S)NC(c1ccccc1)c1ccccc1. The first-order chi connectivity index (χ1) is 12.2. The van der Waals surface area contributed by atoms with E-state index in [2.05, 4.69) is 34.9 Å². The van der Waals surface area contributed by atoms with E-state index in [1.165, 1.54) is 0 Å². The molecule has 0 aliphatic heterocycles. The molecule has 2 N–H and O–H groups in total. The second-order valence-corrected chi connectivity index (χ2v) is 5.97. The smallest absolute Gasteiger partial charge is 0.305 e. The molecule has 2 aromatic rings. The molecule has 132 valence electrons. The zero-order valence-corrected chi connectivity index (χ0v) is 15.2. The van der Waals surface area contributed by atoms with Crippen molar-refractivity contribution in [1.82, 2.24) is 10.6 Å². The van der Waals surface area contributed by atoms with Crippen LogP contribution in [0.3, 0.4) is 0 Å². The van der Waals surface area contributed by atoms with Crippen molar-refractivity contribution in [3.63, 3.8) is 0 Å². The van der Waals surface area contributed by atoms with Crippen molar-refractivity contribution in [2.75, 3.05) is 13.2 Å². The molecule has 0 fully saturated rings. The van der Waals surface area contributed by atoms with Gasteiger partial charge in [0.2, 0.25) is 0 Å². The van der Waals surface area contributed by atoms with Crippen LogP contribution in [0.4, 0.5) is 0 Å². The van der Waals surface area contributed by atoms with E-state index in [-0.39, 0.29) is 12.0 Å². The minimum Gasteiger partial charge on any atom is -0.466 e. The molecule has 0 aromatic heterocycles. The lowest BCUT2D eigenvalue weighted by Gasteiger charge is -2.22. The quantitative estimate of drug-likeness (QED) is 0.430. The number of benzene rings is 2. The Bertz CT molecular complexity index is 622. The van der Waals surface area contributed by atoms with E-state index in [0.29, 0.717) is 31.1 Å². The monoisotopic (exact) mass is 356 g/mol. The minimum absolute atomic E-state index is 0.0209. The molecule has 0 spiro atoms. The summed E-state index contributed by atoms with van der Waals surface area (Å²) in [6, 6.07) is 20.4. The van der Waals surface area contributed by atoms with Crippen LogP contribution in [0.1, 0.15) is 36.9 Å². The standard InChI is InChI=1S/C20H24N2O2S/c1-2-24-18(23)14-9-15-21-20(25)22-19(16-10-5-3-6-11-16)17-12-7-4-8-13-17/h3-8,10-13,19H,2,9,14-15H2,1H3,(H2,21,22,25). The van der Waals surface area contributed by atoms with Gasteiger partial charge in [-0.3, -0.25) is 4.79 Å². The molecule has 0 heterocycles. The third-order valence-corrected chi connectivity index (χ3v) is 3.95. The normalized spacial score (nSPS) is 10.3. The number of carbonyl (C=O) groups is 1. The minimum atomic E-state index is -0.172. The molecule has 2 rings (SSSR count). The van der Waals surface area contributed by atoms with Gasteiger partial charge in [0.15, 0.2) is 5.11 Å². The number of esters is 1. The summed E-state index contributed by atoms with van der Waals surface area (Å²) in [5.41, 5.74) is 2.29. The number of ether oxygens (including phenoxy) is 1. The zero-order valence-electron chi connectivity index (χ0n) is 14.4. The van der Waals surface area contributed by atoms with Gasteiger partial charge in [0.05, 0.1) is 12.6 Å². The molecule has 0 aliphatic carbocycles. The number of hydrogen-bond donors (Lipinski definition) is 2. The first kappa shape index (κ1) is 18.9. The maximum atomic E-state index is 11.3. The average molecular weight is 356 g/mol.